The Hall–Kier alpha value is -4.30. The van der Waals surface area contributed by atoms with Gasteiger partial charge in [0.15, 0.2) is 17.3 Å². The molecule has 2 heterocycles. The average molecular weight is 564 g/mol. The van der Waals surface area contributed by atoms with Gasteiger partial charge >= 0.3 is 18.0 Å². The number of rotatable bonds is 8. The number of carbonyl (C=O) groups is 3. The Labute approximate surface area is 222 Å². The molecule has 0 atom stereocenters. The number of amides is 2. The van der Waals surface area contributed by atoms with Crippen LogP contribution in [0.4, 0.5) is 25.0 Å². The van der Waals surface area contributed by atoms with Gasteiger partial charge in [-0.15, -0.1) is 22.7 Å². The molecule has 198 valence electrons. The number of hydrogen-bond donors (Lipinski definition) is 2. The van der Waals surface area contributed by atoms with E-state index in [9.17, 15) is 23.2 Å². The molecule has 4 aromatic rings. The molecule has 4 rings (SSSR count). The van der Waals surface area contributed by atoms with Crippen molar-refractivity contribution in [3.8, 4) is 11.5 Å². The van der Waals surface area contributed by atoms with Gasteiger partial charge in [-0.25, -0.2) is 28.1 Å². The maximum absolute atomic E-state index is 14.8. The van der Waals surface area contributed by atoms with E-state index in [2.05, 4.69) is 20.4 Å². The molecule has 2 N–H and O–H groups in total. The van der Waals surface area contributed by atoms with Crippen LogP contribution < -0.4 is 20.1 Å². The third-order valence-corrected chi connectivity index (χ3v) is 7.08. The number of nitrogens with zero attached hydrogens (tertiary/aromatic N) is 1. The average Bonchev–Trinajstić information content (AvgIpc) is 3.55. The molecule has 0 radical (unpaired) electrons. The van der Waals surface area contributed by atoms with Gasteiger partial charge < -0.3 is 29.6 Å². The molecule has 0 fully saturated rings. The van der Waals surface area contributed by atoms with Crippen LogP contribution in [0.1, 0.15) is 25.6 Å². The Bertz CT molecular complexity index is 1540. The van der Waals surface area contributed by atoms with Gasteiger partial charge in [0, 0.05) is 23.1 Å². The SMILES string of the molecule is COC(=O)c1scc(NC(=O)Nc2cc(OCc3c(F)ccc4ncsc34)c(OC)cc2F)c1C(=O)OC. The number of methoxy groups -OCH3 is 3. The second-order valence-corrected chi connectivity index (χ2v) is 9.15. The molecule has 10 nitrogen and oxygen atoms in total. The van der Waals surface area contributed by atoms with Gasteiger partial charge in [-0.05, 0) is 12.1 Å². The first-order chi connectivity index (χ1) is 18.3. The third-order valence-electron chi connectivity index (χ3n) is 5.22. The van der Waals surface area contributed by atoms with E-state index in [1.54, 1.807) is 11.6 Å². The highest BCUT2D eigenvalue weighted by atomic mass is 32.1. The van der Waals surface area contributed by atoms with Crippen molar-refractivity contribution in [2.75, 3.05) is 32.0 Å². The van der Waals surface area contributed by atoms with Crippen LogP contribution in [0.5, 0.6) is 11.5 Å². The third kappa shape index (κ3) is 5.35. The number of urea groups is 1. The zero-order valence-electron chi connectivity index (χ0n) is 20.0. The number of hydrogen-bond acceptors (Lipinski definition) is 10. The number of halogens is 2. The largest absolute Gasteiger partial charge is 0.493 e. The van der Waals surface area contributed by atoms with E-state index < -0.39 is 29.6 Å². The first-order valence-electron chi connectivity index (χ1n) is 10.6. The Kier molecular flexibility index (Phi) is 8.02. The number of esters is 2. The summed E-state index contributed by atoms with van der Waals surface area (Å²) in [5.41, 5.74) is 1.90. The second-order valence-electron chi connectivity index (χ2n) is 7.41. The summed E-state index contributed by atoms with van der Waals surface area (Å²) in [6.45, 7) is -0.216. The molecule has 0 saturated carbocycles. The zero-order chi connectivity index (χ0) is 27.4. The number of thiophene rings is 1. The number of thiazole rings is 1. The number of benzene rings is 2. The predicted octanol–water partition coefficient (Wildman–Crippen LogP) is 5.44. The maximum atomic E-state index is 14.8. The molecule has 38 heavy (non-hydrogen) atoms. The molecule has 2 aromatic carbocycles. The quantitative estimate of drug-likeness (QED) is 0.272. The summed E-state index contributed by atoms with van der Waals surface area (Å²) in [5.74, 6) is -2.98. The van der Waals surface area contributed by atoms with Gasteiger partial charge in [-0.2, -0.15) is 0 Å². The molecule has 0 aliphatic heterocycles. The van der Waals surface area contributed by atoms with Crippen LogP contribution in [0.2, 0.25) is 0 Å². The van der Waals surface area contributed by atoms with Gasteiger partial charge in [-0.1, -0.05) is 0 Å². The molecule has 0 spiro atoms. The zero-order valence-corrected chi connectivity index (χ0v) is 21.7. The van der Waals surface area contributed by atoms with E-state index in [0.717, 1.165) is 31.6 Å². The Morgan fingerprint density at radius 2 is 1.66 bits per heavy atom. The predicted molar refractivity (Wildman–Crippen MR) is 137 cm³/mol. The van der Waals surface area contributed by atoms with E-state index in [4.69, 9.17) is 14.2 Å². The molecule has 2 amide bonds. The highest BCUT2D eigenvalue weighted by Crippen LogP contribution is 2.35. The summed E-state index contributed by atoms with van der Waals surface area (Å²) in [4.78, 5) is 40.9. The minimum atomic E-state index is -0.931. The summed E-state index contributed by atoms with van der Waals surface area (Å²) in [6.07, 6.45) is 0. The van der Waals surface area contributed by atoms with Crippen molar-refractivity contribution in [3.63, 3.8) is 0 Å². The van der Waals surface area contributed by atoms with E-state index in [1.165, 1.54) is 36.0 Å². The fourth-order valence-electron chi connectivity index (χ4n) is 3.42. The Morgan fingerprint density at radius 3 is 2.37 bits per heavy atom. The van der Waals surface area contributed by atoms with E-state index in [1.807, 2.05) is 0 Å². The van der Waals surface area contributed by atoms with Gasteiger partial charge in [-0.3, -0.25) is 0 Å². The highest BCUT2D eigenvalue weighted by Gasteiger charge is 2.26. The van der Waals surface area contributed by atoms with E-state index in [-0.39, 0.29) is 45.5 Å². The molecule has 0 bridgehead atoms. The minimum Gasteiger partial charge on any atom is -0.493 e. The number of anilines is 2. The van der Waals surface area contributed by atoms with Crippen molar-refractivity contribution in [1.82, 2.24) is 4.98 Å². The topological polar surface area (TPSA) is 125 Å². The standard InChI is InChI=1S/C24H19F2N3O7S2/c1-33-17-6-13(26)15(7-18(17)36-8-11-12(25)4-5-14-20(11)38-10-27-14)28-24(32)29-16-9-37-21(23(31)35-3)19(16)22(30)34-2/h4-7,9-10H,8H2,1-3H3,(H2,28,29,32). The molecule has 14 heteroatoms. The Balaban J connectivity index is 1.56. The molecule has 0 aliphatic rings. The van der Waals surface area contributed by atoms with E-state index in [0.29, 0.717) is 10.2 Å². The second kappa shape index (κ2) is 11.4. The molecule has 2 aromatic heterocycles. The van der Waals surface area contributed by atoms with Gasteiger partial charge in [0.1, 0.15) is 22.9 Å². The van der Waals surface area contributed by atoms with Crippen molar-refractivity contribution in [1.29, 1.82) is 0 Å². The lowest BCUT2D eigenvalue weighted by Gasteiger charge is -2.15. The summed E-state index contributed by atoms with van der Waals surface area (Å²) < 4.78 is 50.1. The van der Waals surface area contributed by atoms with Crippen LogP contribution in [0, 0.1) is 11.6 Å². The van der Waals surface area contributed by atoms with Crippen LogP contribution in [0.15, 0.2) is 35.2 Å². The van der Waals surface area contributed by atoms with Crippen molar-refractivity contribution < 1.29 is 42.1 Å². The van der Waals surface area contributed by atoms with Crippen LogP contribution in [0.3, 0.4) is 0 Å². The molecular formula is C24H19F2N3O7S2. The van der Waals surface area contributed by atoms with Crippen LogP contribution >= 0.6 is 22.7 Å². The van der Waals surface area contributed by atoms with Crippen molar-refractivity contribution in [2.24, 2.45) is 0 Å². The molecular weight excluding hydrogens is 544 g/mol. The first-order valence-corrected chi connectivity index (χ1v) is 12.4. The summed E-state index contributed by atoms with van der Waals surface area (Å²) in [5, 5.41) is 6.04. The lowest BCUT2D eigenvalue weighted by Crippen LogP contribution is -2.22. The smallest absolute Gasteiger partial charge is 0.349 e. The number of ether oxygens (including phenoxy) is 4. The number of carbonyl (C=O) groups excluding carboxylic acids is 3. The first kappa shape index (κ1) is 26.8. The van der Waals surface area contributed by atoms with E-state index >= 15 is 0 Å². The lowest BCUT2D eigenvalue weighted by atomic mass is 10.2. The monoisotopic (exact) mass is 563 g/mol. The van der Waals surface area contributed by atoms with Crippen LogP contribution in [-0.4, -0.2) is 44.3 Å². The summed E-state index contributed by atoms with van der Waals surface area (Å²) in [6, 6.07) is 4.07. The lowest BCUT2D eigenvalue weighted by molar-refractivity contribution is 0.0561. The van der Waals surface area contributed by atoms with Crippen molar-refractivity contribution >= 4 is 62.2 Å². The van der Waals surface area contributed by atoms with Gasteiger partial charge in [0.05, 0.1) is 48.4 Å². The van der Waals surface area contributed by atoms with Crippen molar-refractivity contribution in [2.45, 2.75) is 6.61 Å². The number of nitrogens with one attached hydrogen (secondary N) is 2. The van der Waals surface area contributed by atoms with Crippen LogP contribution in [0.25, 0.3) is 10.2 Å². The normalized spacial score (nSPS) is 10.7. The fourth-order valence-corrected chi connectivity index (χ4v) is 5.14. The molecule has 0 unspecified atom stereocenters. The Morgan fingerprint density at radius 1 is 0.921 bits per heavy atom. The minimum absolute atomic E-state index is 0.0128. The number of aromatic nitrogens is 1. The van der Waals surface area contributed by atoms with Crippen LogP contribution in [-0.2, 0) is 16.1 Å². The van der Waals surface area contributed by atoms with Crippen molar-refractivity contribution in [3.05, 3.63) is 62.8 Å². The van der Waals surface area contributed by atoms with Gasteiger partial charge in [0.2, 0.25) is 0 Å². The summed E-state index contributed by atoms with van der Waals surface area (Å²) in [7, 11) is 3.55. The molecule has 0 saturated heterocycles. The fraction of sp³-hybridized carbons (Fsp3) is 0.167. The summed E-state index contributed by atoms with van der Waals surface area (Å²) >= 11 is 2.10. The molecule has 0 aliphatic carbocycles. The maximum Gasteiger partial charge on any atom is 0.349 e. The van der Waals surface area contributed by atoms with Gasteiger partial charge in [0.25, 0.3) is 0 Å². The number of fused-ring (bicyclic) bond motifs is 1. The highest BCUT2D eigenvalue weighted by molar-refractivity contribution is 7.17.